The van der Waals surface area contributed by atoms with Crippen LogP contribution in [-0.4, -0.2) is 26.0 Å². The molecule has 0 unspecified atom stereocenters. The SMILES string of the molecule is COc1ccc(OC)c(NC2=C(Sc3ccccc3)C(=O)N(c3ccccc3F)C2=O)c1. The van der Waals surface area contributed by atoms with E-state index < -0.39 is 17.6 Å². The van der Waals surface area contributed by atoms with E-state index in [4.69, 9.17) is 9.47 Å². The molecule has 1 heterocycles. The van der Waals surface area contributed by atoms with Crippen molar-refractivity contribution in [2.24, 2.45) is 0 Å². The van der Waals surface area contributed by atoms with Crippen molar-refractivity contribution in [2.45, 2.75) is 4.90 Å². The fourth-order valence-corrected chi connectivity index (χ4v) is 4.17. The first-order valence-corrected chi connectivity index (χ1v) is 10.4. The monoisotopic (exact) mass is 450 g/mol. The minimum atomic E-state index is -0.668. The predicted molar refractivity (Wildman–Crippen MR) is 121 cm³/mol. The van der Waals surface area contributed by atoms with Crippen molar-refractivity contribution in [3.63, 3.8) is 0 Å². The predicted octanol–water partition coefficient (Wildman–Crippen LogP) is 4.83. The summed E-state index contributed by atoms with van der Waals surface area (Å²) in [7, 11) is 3.01. The molecule has 162 valence electrons. The average Bonchev–Trinajstić information content (AvgIpc) is 3.04. The van der Waals surface area contributed by atoms with Gasteiger partial charge in [-0.2, -0.15) is 0 Å². The summed E-state index contributed by atoms with van der Waals surface area (Å²) in [5.74, 6) is -0.957. The van der Waals surface area contributed by atoms with Gasteiger partial charge in [0.05, 0.1) is 25.6 Å². The second kappa shape index (κ2) is 9.15. The molecule has 0 fully saturated rings. The normalized spacial score (nSPS) is 13.5. The van der Waals surface area contributed by atoms with Gasteiger partial charge in [0.15, 0.2) is 0 Å². The van der Waals surface area contributed by atoms with Gasteiger partial charge in [-0.1, -0.05) is 42.1 Å². The van der Waals surface area contributed by atoms with Crippen molar-refractivity contribution < 1.29 is 23.5 Å². The quantitative estimate of drug-likeness (QED) is 0.520. The molecule has 32 heavy (non-hydrogen) atoms. The van der Waals surface area contributed by atoms with Gasteiger partial charge in [-0.3, -0.25) is 9.59 Å². The first kappa shape index (κ1) is 21.5. The van der Waals surface area contributed by atoms with Gasteiger partial charge in [0.25, 0.3) is 11.8 Å². The lowest BCUT2D eigenvalue weighted by Gasteiger charge is -2.16. The molecule has 4 rings (SSSR count). The van der Waals surface area contributed by atoms with Gasteiger partial charge in [-0.15, -0.1) is 0 Å². The summed E-state index contributed by atoms with van der Waals surface area (Å²) in [4.78, 5) is 28.4. The second-order valence-electron chi connectivity index (χ2n) is 6.71. The van der Waals surface area contributed by atoms with Crippen molar-refractivity contribution in [3.8, 4) is 11.5 Å². The number of nitrogens with zero attached hydrogens (tertiary/aromatic N) is 1. The van der Waals surface area contributed by atoms with Crippen molar-refractivity contribution in [1.29, 1.82) is 0 Å². The third-order valence-electron chi connectivity index (χ3n) is 4.76. The molecule has 0 aromatic heterocycles. The Balaban J connectivity index is 1.80. The van der Waals surface area contributed by atoms with Gasteiger partial charge in [0.1, 0.15) is 27.9 Å². The number of imide groups is 1. The highest BCUT2D eigenvalue weighted by Gasteiger charge is 2.41. The Morgan fingerprint density at radius 1 is 0.875 bits per heavy atom. The summed E-state index contributed by atoms with van der Waals surface area (Å²) >= 11 is 1.13. The smallest absolute Gasteiger partial charge is 0.283 e. The molecule has 3 aromatic carbocycles. The number of rotatable bonds is 7. The number of hydrogen-bond donors (Lipinski definition) is 1. The van der Waals surface area contributed by atoms with E-state index in [1.807, 2.05) is 30.3 Å². The number of methoxy groups -OCH3 is 2. The number of amides is 2. The molecule has 0 radical (unpaired) electrons. The van der Waals surface area contributed by atoms with Crippen LogP contribution in [0.5, 0.6) is 11.5 Å². The molecule has 0 aliphatic carbocycles. The molecular weight excluding hydrogens is 431 g/mol. The van der Waals surface area contributed by atoms with Gasteiger partial charge in [-0.25, -0.2) is 9.29 Å². The van der Waals surface area contributed by atoms with Gasteiger partial charge in [-0.05, 0) is 36.4 Å². The van der Waals surface area contributed by atoms with Crippen LogP contribution in [-0.2, 0) is 9.59 Å². The topological polar surface area (TPSA) is 67.9 Å². The maximum absolute atomic E-state index is 14.5. The Labute approximate surface area is 188 Å². The van der Waals surface area contributed by atoms with E-state index in [1.54, 1.807) is 24.3 Å². The summed E-state index contributed by atoms with van der Waals surface area (Å²) in [6.45, 7) is 0. The fourth-order valence-electron chi connectivity index (χ4n) is 3.22. The minimum absolute atomic E-state index is 0.0265. The number of para-hydroxylation sites is 1. The molecule has 1 aliphatic heterocycles. The van der Waals surface area contributed by atoms with E-state index in [0.717, 1.165) is 21.6 Å². The Morgan fingerprint density at radius 3 is 2.28 bits per heavy atom. The molecule has 0 saturated carbocycles. The van der Waals surface area contributed by atoms with Crippen molar-refractivity contribution >= 4 is 35.0 Å². The highest BCUT2D eigenvalue weighted by atomic mass is 32.2. The second-order valence-corrected chi connectivity index (χ2v) is 7.79. The first-order chi connectivity index (χ1) is 15.5. The number of anilines is 2. The Hall–Kier alpha value is -3.78. The molecular formula is C24H19FN2O4S. The van der Waals surface area contributed by atoms with Gasteiger partial charge >= 0.3 is 0 Å². The highest BCUT2D eigenvalue weighted by molar-refractivity contribution is 8.04. The van der Waals surface area contributed by atoms with E-state index in [0.29, 0.717) is 17.2 Å². The zero-order valence-electron chi connectivity index (χ0n) is 17.3. The highest BCUT2D eigenvalue weighted by Crippen LogP contribution is 2.40. The molecule has 6 nitrogen and oxygen atoms in total. The number of ether oxygens (including phenoxy) is 2. The molecule has 1 N–H and O–H groups in total. The van der Waals surface area contributed by atoms with Crippen LogP contribution in [0.15, 0.2) is 88.3 Å². The minimum Gasteiger partial charge on any atom is -0.497 e. The summed E-state index contributed by atoms with van der Waals surface area (Å²) < 4.78 is 25.1. The zero-order valence-corrected chi connectivity index (χ0v) is 18.1. The maximum atomic E-state index is 14.5. The van der Waals surface area contributed by atoms with Crippen LogP contribution in [0, 0.1) is 5.82 Å². The average molecular weight is 450 g/mol. The van der Waals surface area contributed by atoms with E-state index in [1.165, 1.54) is 32.4 Å². The molecule has 8 heteroatoms. The summed E-state index contributed by atoms with van der Waals surface area (Å²) in [5.41, 5.74) is 0.353. The van der Waals surface area contributed by atoms with Crippen molar-refractivity contribution in [3.05, 3.63) is 89.2 Å². The molecule has 0 saturated heterocycles. The van der Waals surface area contributed by atoms with Crippen LogP contribution in [0.2, 0.25) is 0 Å². The lowest BCUT2D eigenvalue weighted by Crippen LogP contribution is -2.33. The van der Waals surface area contributed by atoms with Crippen LogP contribution in [0.4, 0.5) is 15.8 Å². The number of benzene rings is 3. The van der Waals surface area contributed by atoms with E-state index >= 15 is 0 Å². The van der Waals surface area contributed by atoms with Gasteiger partial charge in [0.2, 0.25) is 0 Å². The number of halogens is 1. The summed E-state index contributed by atoms with van der Waals surface area (Å²) in [5, 5.41) is 3.02. The molecule has 0 atom stereocenters. The number of carbonyl (C=O) groups excluding carboxylic acids is 2. The number of nitrogens with one attached hydrogen (secondary N) is 1. The van der Waals surface area contributed by atoms with Crippen LogP contribution >= 0.6 is 11.8 Å². The van der Waals surface area contributed by atoms with Crippen LogP contribution in [0.25, 0.3) is 0 Å². The lowest BCUT2D eigenvalue weighted by molar-refractivity contribution is -0.120. The van der Waals surface area contributed by atoms with E-state index in [2.05, 4.69) is 5.32 Å². The lowest BCUT2D eigenvalue weighted by atomic mass is 10.2. The van der Waals surface area contributed by atoms with Crippen LogP contribution < -0.4 is 19.7 Å². The number of hydrogen-bond acceptors (Lipinski definition) is 6. The summed E-state index contributed by atoms with van der Waals surface area (Å²) in [6.07, 6.45) is 0. The Bertz CT molecular complexity index is 1210. The third-order valence-corrected chi connectivity index (χ3v) is 5.85. The van der Waals surface area contributed by atoms with Crippen LogP contribution in [0.3, 0.4) is 0 Å². The molecule has 0 spiro atoms. The Morgan fingerprint density at radius 2 is 1.59 bits per heavy atom. The largest absolute Gasteiger partial charge is 0.497 e. The van der Waals surface area contributed by atoms with Crippen LogP contribution in [0.1, 0.15) is 0 Å². The fraction of sp³-hybridized carbons (Fsp3) is 0.0833. The molecule has 2 amide bonds. The molecule has 3 aromatic rings. The zero-order chi connectivity index (χ0) is 22.7. The first-order valence-electron chi connectivity index (χ1n) is 9.63. The van der Waals surface area contributed by atoms with E-state index in [9.17, 15) is 14.0 Å². The van der Waals surface area contributed by atoms with Gasteiger partial charge < -0.3 is 14.8 Å². The Kier molecular flexibility index (Phi) is 6.13. The standard InChI is InChI=1S/C24H19FN2O4S/c1-30-15-12-13-20(31-2)18(14-15)26-21-22(32-16-8-4-3-5-9-16)24(29)27(23(21)28)19-11-7-6-10-17(19)25/h3-14,26H,1-2H3. The third kappa shape index (κ3) is 4.04. The summed E-state index contributed by atoms with van der Waals surface area (Å²) in [6, 6.07) is 19.9. The van der Waals surface area contributed by atoms with Crippen molar-refractivity contribution in [1.82, 2.24) is 0 Å². The molecule has 1 aliphatic rings. The number of carbonyl (C=O) groups is 2. The van der Waals surface area contributed by atoms with Crippen molar-refractivity contribution in [2.75, 3.05) is 24.4 Å². The molecule has 0 bridgehead atoms. The van der Waals surface area contributed by atoms with Gasteiger partial charge in [0, 0.05) is 11.0 Å². The maximum Gasteiger partial charge on any atom is 0.283 e. The number of thioether (sulfide) groups is 1. The van der Waals surface area contributed by atoms with E-state index in [-0.39, 0.29) is 16.3 Å².